The van der Waals surface area contributed by atoms with Crippen molar-refractivity contribution in [2.24, 2.45) is 0 Å². The van der Waals surface area contributed by atoms with Crippen LogP contribution in [0.2, 0.25) is 5.02 Å². The van der Waals surface area contributed by atoms with Crippen molar-refractivity contribution in [3.63, 3.8) is 0 Å². The predicted octanol–water partition coefficient (Wildman–Crippen LogP) is 4.73. The van der Waals surface area contributed by atoms with Gasteiger partial charge in [0.2, 0.25) is 17.7 Å². The highest BCUT2D eigenvalue weighted by Crippen LogP contribution is 2.29. The smallest absolute Gasteiger partial charge is 0.247 e. The van der Waals surface area contributed by atoms with E-state index in [2.05, 4.69) is 10.2 Å². The van der Waals surface area contributed by atoms with Gasteiger partial charge in [0.15, 0.2) is 0 Å². The average Bonchev–Trinajstić information content (AvgIpc) is 3.44. The SMILES string of the molecule is O=C(C=Cc1ccc(F)cc1)N(Cc1nnc(-c2ccc(Cl)cc2)o1)C1CC1. The Balaban J connectivity index is 1.46. The summed E-state index contributed by atoms with van der Waals surface area (Å²) in [7, 11) is 0. The van der Waals surface area contributed by atoms with E-state index in [4.69, 9.17) is 16.0 Å². The molecule has 0 atom stereocenters. The zero-order valence-corrected chi connectivity index (χ0v) is 15.6. The van der Waals surface area contributed by atoms with Crippen molar-refractivity contribution in [2.45, 2.75) is 25.4 Å². The normalized spacial score (nSPS) is 13.8. The Hall–Kier alpha value is -2.99. The summed E-state index contributed by atoms with van der Waals surface area (Å²) in [5, 5.41) is 8.75. The number of aromatic nitrogens is 2. The number of hydrogen-bond acceptors (Lipinski definition) is 4. The van der Waals surface area contributed by atoms with Gasteiger partial charge >= 0.3 is 0 Å². The molecule has 4 rings (SSSR count). The summed E-state index contributed by atoms with van der Waals surface area (Å²) in [5.74, 6) is 0.311. The van der Waals surface area contributed by atoms with Gasteiger partial charge < -0.3 is 9.32 Å². The zero-order valence-electron chi connectivity index (χ0n) is 14.9. The molecule has 1 fully saturated rings. The lowest BCUT2D eigenvalue weighted by molar-refractivity contribution is -0.127. The summed E-state index contributed by atoms with van der Waals surface area (Å²) in [6, 6.07) is 13.2. The zero-order chi connectivity index (χ0) is 19.5. The molecule has 5 nitrogen and oxygen atoms in total. The molecule has 1 aromatic heterocycles. The molecule has 0 bridgehead atoms. The lowest BCUT2D eigenvalue weighted by atomic mass is 10.2. The van der Waals surface area contributed by atoms with Gasteiger partial charge in [-0.05, 0) is 60.9 Å². The summed E-state index contributed by atoms with van der Waals surface area (Å²) in [4.78, 5) is 14.4. The summed E-state index contributed by atoms with van der Waals surface area (Å²) >= 11 is 5.90. The molecule has 0 saturated heterocycles. The van der Waals surface area contributed by atoms with E-state index in [1.165, 1.54) is 18.2 Å². The quantitative estimate of drug-likeness (QED) is 0.564. The van der Waals surface area contributed by atoms with Crippen LogP contribution < -0.4 is 0 Å². The number of amides is 1. The first-order valence-corrected chi connectivity index (χ1v) is 9.29. The number of hydrogen-bond donors (Lipinski definition) is 0. The monoisotopic (exact) mass is 397 g/mol. The summed E-state index contributed by atoms with van der Waals surface area (Å²) in [5.41, 5.74) is 1.52. The summed E-state index contributed by atoms with van der Waals surface area (Å²) in [6.07, 6.45) is 5.06. The first kappa shape index (κ1) is 18.4. The molecule has 7 heteroatoms. The predicted molar refractivity (Wildman–Crippen MR) is 104 cm³/mol. The second-order valence-electron chi connectivity index (χ2n) is 6.59. The van der Waals surface area contributed by atoms with Crippen LogP contribution in [0.3, 0.4) is 0 Å². The van der Waals surface area contributed by atoms with Gasteiger partial charge in [0.1, 0.15) is 5.82 Å². The van der Waals surface area contributed by atoms with E-state index in [0.717, 1.165) is 24.0 Å². The van der Waals surface area contributed by atoms with Crippen molar-refractivity contribution in [2.75, 3.05) is 0 Å². The van der Waals surface area contributed by atoms with Crippen LogP contribution in [-0.2, 0) is 11.3 Å². The van der Waals surface area contributed by atoms with Crippen molar-refractivity contribution >= 4 is 23.6 Å². The maximum absolute atomic E-state index is 13.0. The molecule has 1 heterocycles. The molecular weight excluding hydrogens is 381 g/mol. The fraction of sp³-hybridized carbons (Fsp3) is 0.190. The number of nitrogens with zero attached hydrogens (tertiary/aromatic N) is 3. The molecule has 1 aliphatic carbocycles. The van der Waals surface area contributed by atoms with E-state index >= 15 is 0 Å². The molecule has 142 valence electrons. The third-order valence-electron chi connectivity index (χ3n) is 4.42. The van der Waals surface area contributed by atoms with Gasteiger partial charge in [-0.15, -0.1) is 10.2 Å². The van der Waals surface area contributed by atoms with Crippen molar-refractivity contribution in [1.82, 2.24) is 15.1 Å². The molecule has 0 N–H and O–H groups in total. The molecule has 2 aromatic carbocycles. The van der Waals surface area contributed by atoms with E-state index in [1.54, 1.807) is 47.4 Å². The number of carbonyl (C=O) groups excluding carboxylic acids is 1. The van der Waals surface area contributed by atoms with Gasteiger partial charge in [0, 0.05) is 22.7 Å². The van der Waals surface area contributed by atoms with E-state index in [-0.39, 0.29) is 24.3 Å². The maximum atomic E-state index is 13.0. The first-order chi connectivity index (χ1) is 13.6. The number of carbonyl (C=O) groups is 1. The fourth-order valence-electron chi connectivity index (χ4n) is 2.78. The van der Waals surface area contributed by atoms with E-state index < -0.39 is 0 Å². The molecule has 1 saturated carbocycles. The average molecular weight is 398 g/mol. The van der Waals surface area contributed by atoms with Crippen molar-refractivity contribution < 1.29 is 13.6 Å². The van der Waals surface area contributed by atoms with Crippen molar-refractivity contribution in [3.8, 4) is 11.5 Å². The van der Waals surface area contributed by atoms with Crippen LogP contribution in [0.5, 0.6) is 0 Å². The lowest BCUT2D eigenvalue weighted by Crippen LogP contribution is -2.31. The highest BCUT2D eigenvalue weighted by Gasteiger charge is 2.32. The fourth-order valence-corrected chi connectivity index (χ4v) is 2.91. The summed E-state index contributed by atoms with van der Waals surface area (Å²) < 4.78 is 18.7. The molecule has 3 aromatic rings. The van der Waals surface area contributed by atoms with Gasteiger partial charge in [-0.2, -0.15) is 0 Å². The summed E-state index contributed by atoms with van der Waals surface area (Å²) in [6.45, 7) is 0.248. The Kier molecular flexibility index (Phi) is 5.21. The van der Waals surface area contributed by atoms with Gasteiger partial charge in [0.05, 0.1) is 6.54 Å². The van der Waals surface area contributed by atoms with Crippen LogP contribution >= 0.6 is 11.6 Å². The number of rotatable bonds is 6. The molecule has 1 amide bonds. The van der Waals surface area contributed by atoms with Crippen LogP contribution in [0.15, 0.2) is 59.0 Å². The number of halogens is 2. The Morgan fingerprint density at radius 3 is 2.54 bits per heavy atom. The molecular formula is C21H17ClFN3O2. The standard InChI is InChI=1S/C21H17ClFN3O2/c22-16-6-4-15(5-7-16)21-25-24-19(28-21)13-26(18-10-11-18)20(27)12-3-14-1-8-17(23)9-2-14/h1-9,12,18H,10-11,13H2. The van der Waals surface area contributed by atoms with Crippen LogP contribution in [0.1, 0.15) is 24.3 Å². The van der Waals surface area contributed by atoms with Gasteiger partial charge in [-0.1, -0.05) is 23.7 Å². The molecule has 0 radical (unpaired) electrons. The van der Waals surface area contributed by atoms with E-state index in [9.17, 15) is 9.18 Å². The maximum Gasteiger partial charge on any atom is 0.247 e. The van der Waals surface area contributed by atoms with E-state index in [0.29, 0.717) is 16.8 Å². The molecule has 0 aliphatic heterocycles. The van der Waals surface area contributed by atoms with Crippen LogP contribution in [0.25, 0.3) is 17.5 Å². The Morgan fingerprint density at radius 1 is 1.14 bits per heavy atom. The minimum Gasteiger partial charge on any atom is -0.419 e. The third kappa shape index (κ3) is 4.46. The molecule has 28 heavy (non-hydrogen) atoms. The molecule has 1 aliphatic rings. The third-order valence-corrected chi connectivity index (χ3v) is 4.67. The Morgan fingerprint density at radius 2 is 1.86 bits per heavy atom. The highest BCUT2D eigenvalue weighted by molar-refractivity contribution is 6.30. The van der Waals surface area contributed by atoms with Crippen molar-refractivity contribution in [3.05, 3.63) is 76.9 Å². The largest absolute Gasteiger partial charge is 0.419 e. The van der Waals surface area contributed by atoms with Crippen molar-refractivity contribution in [1.29, 1.82) is 0 Å². The first-order valence-electron chi connectivity index (χ1n) is 8.91. The van der Waals surface area contributed by atoms with Gasteiger partial charge in [-0.25, -0.2) is 4.39 Å². The molecule has 0 unspecified atom stereocenters. The topological polar surface area (TPSA) is 59.2 Å². The van der Waals surface area contributed by atoms with Gasteiger partial charge in [0.25, 0.3) is 0 Å². The Bertz CT molecular complexity index is 995. The second-order valence-corrected chi connectivity index (χ2v) is 7.03. The van der Waals surface area contributed by atoms with Gasteiger partial charge in [-0.3, -0.25) is 4.79 Å². The van der Waals surface area contributed by atoms with Crippen LogP contribution in [0.4, 0.5) is 4.39 Å². The van der Waals surface area contributed by atoms with E-state index in [1.807, 2.05) is 0 Å². The van der Waals surface area contributed by atoms with Crippen LogP contribution in [0, 0.1) is 5.82 Å². The number of benzene rings is 2. The highest BCUT2D eigenvalue weighted by atomic mass is 35.5. The van der Waals surface area contributed by atoms with Crippen LogP contribution in [-0.4, -0.2) is 27.0 Å². The minimum atomic E-state index is -0.309. The minimum absolute atomic E-state index is 0.141. The Labute approximate surface area is 166 Å². The second kappa shape index (κ2) is 7.94. The molecule has 0 spiro atoms. The lowest BCUT2D eigenvalue weighted by Gasteiger charge is -2.18.